The van der Waals surface area contributed by atoms with E-state index >= 15 is 0 Å². The van der Waals surface area contributed by atoms with Gasteiger partial charge in [0, 0.05) is 31.9 Å². The minimum Gasteiger partial charge on any atom is -0.491 e. The van der Waals surface area contributed by atoms with Gasteiger partial charge in [0.2, 0.25) is 0 Å². The number of hydrogen-bond acceptors (Lipinski definition) is 4. The number of thiazole rings is 1. The van der Waals surface area contributed by atoms with Gasteiger partial charge in [-0.25, -0.2) is 4.98 Å². The van der Waals surface area contributed by atoms with Crippen molar-refractivity contribution < 1.29 is 17.9 Å². The predicted octanol–water partition coefficient (Wildman–Crippen LogP) is 4.47. The molecule has 2 aromatic rings. The summed E-state index contributed by atoms with van der Waals surface area (Å²) in [5, 5.41) is 7.71. The van der Waals surface area contributed by atoms with E-state index in [-0.39, 0.29) is 30.1 Å². The van der Waals surface area contributed by atoms with Gasteiger partial charge in [-0.2, -0.15) is 13.2 Å². The second-order valence-corrected chi connectivity index (χ2v) is 6.98. The Labute approximate surface area is 183 Å². The summed E-state index contributed by atoms with van der Waals surface area (Å²) in [4.78, 5) is 7.73. The van der Waals surface area contributed by atoms with E-state index in [4.69, 9.17) is 4.74 Å². The van der Waals surface area contributed by atoms with Gasteiger partial charge in [0.05, 0.1) is 11.1 Å². The van der Waals surface area contributed by atoms with E-state index in [2.05, 4.69) is 20.6 Å². The molecule has 28 heavy (non-hydrogen) atoms. The highest BCUT2D eigenvalue weighted by Gasteiger charge is 2.33. The molecule has 0 unspecified atom stereocenters. The maximum absolute atomic E-state index is 12.6. The van der Waals surface area contributed by atoms with Gasteiger partial charge in [0.1, 0.15) is 5.75 Å². The highest BCUT2D eigenvalue weighted by atomic mass is 127. The first-order chi connectivity index (χ1) is 12.8. The van der Waals surface area contributed by atoms with E-state index < -0.39 is 11.9 Å². The van der Waals surface area contributed by atoms with Gasteiger partial charge in [0.15, 0.2) is 11.7 Å². The van der Waals surface area contributed by atoms with E-state index in [0.29, 0.717) is 30.5 Å². The Morgan fingerprint density at radius 1 is 1.29 bits per heavy atom. The molecule has 0 fully saturated rings. The van der Waals surface area contributed by atoms with Crippen molar-refractivity contribution in [1.82, 2.24) is 15.6 Å². The number of hydrogen-bond donors (Lipinski definition) is 2. The molecule has 0 aliphatic rings. The average Bonchev–Trinajstić information content (AvgIpc) is 3.07. The number of rotatable bonds is 7. The second-order valence-electron chi connectivity index (χ2n) is 6.04. The van der Waals surface area contributed by atoms with Gasteiger partial charge in [-0.1, -0.05) is 12.1 Å². The third-order valence-corrected chi connectivity index (χ3v) is 4.34. The van der Waals surface area contributed by atoms with Crippen LogP contribution in [0.3, 0.4) is 0 Å². The number of nitrogens with one attached hydrogen (secondary N) is 2. The lowest BCUT2D eigenvalue weighted by atomic mass is 10.2. The Kier molecular flexibility index (Phi) is 10.0. The normalized spacial score (nSPS) is 11.9. The maximum atomic E-state index is 12.6. The maximum Gasteiger partial charge on any atom is 0.434 e. The molecule has 2 N–H and O–H groups in total. The van der Waals surface area contributed by atoms with Gasteiger partial charge >= 0.3 is 6.18 Å². The molecule has 0 aliphatic carbocycles. The van der Waals surface area contributed by atoms with Crippen LogP contribution in [0.5, 0.6) is 5.75 Å². The third-order valence-electron chi connectivity index (χ3n) is 3.43. The highest BCUT2D eigenvalue weighted by Crippen LogP contribution is 2.30. The monoisotopic (exact) mass is 528 g/mol. The zero-order valence-corrected chi connectivity index (χ0v) is 19.0. The van der Waals surface area contributed by atoms with Crippen molar-refractivity contribution in [2.24, 2.45) is 4.99 Å². The average molecular weight is 528 g/mol. The number of aromatic nitrogens is 1. The van der Waals surface area contributed by atoms with Gasteiger partial charge < -0.3 is 15.4 Å². The fourth-order valence-electron chi connectivity index (χ4n) is 2.25. The fourth-order valence-corrected chi connectivity index (χ4v) is 3.06. The number of alkyl halides is 3. The molecular formula is C18H24F3IN4OS. The molecule has 0 amide bonds. The Hall–Kier alpha value is -1.56. The molecule has 0 aliphatic heterocycles. The fraction of sp³-hybridized carbons (Fsp3) is 0.444. The SMILES string of the molecule is CN=C(NCCc1nc(C(F)(F)F)cs1)NCc1cccc(OC(C)C)c1.I. The molecule has 0 radical (unpaired) electrons. The van der Waals surface area contributed by atoms with Crippen LogP contribution in [0.25, 0.3) is 0 Å². The summed E-state index contributed by atoms with van der Waals surface area (Å²) in [6, 6.07) is 7.75. The van der Waals surface area contributed by atoms with Crippen LogP contribution < -0.4 is 15.4 Å². The summed E-state index contributed by atoms with van der Waals surface area (Å²) in [6.45, 7) is 4.92. The summed E-state index contributed by atoms with van der Waals surface area (Å²) in [7, 11) is 1.64. The molecule has 0 saturated heterocycles. The third kappa shape index (κ3) is 8.21. The number of aliphatic imine (C=N–C) groups is 1. The minimum atomic E-state index is -4.40. The highest BCUT2D eigenvalue weighted by molar-refractivity contribution is 14.0. The lowest BCUT2D eigenvalue weighted by Crippen LogP contribution is -2.37. The summed E-state index contributed by atoms with van der Waals surface area (Å²) >= 11 is 1.01. The van der Waals surface area contributed by atoms with Crippen LogP contribution in [0.4, 0.5) is 13.2 Å². The van der Waals surface area contributed by atoms with Crippen LogP contribution in [-0.2, 0) is 19.1 Å². The zero-order chi connectivity index (χ0) is 19.9. The van der Waals surface area contributed by atoms with Crippen molar-refractivity contribution in [2.75, 3.05) is 13.6 Å². The first-order valence-electron chi connectivity index (χ1n) is 8.49. The standard InChI is InChI=1S/C18H23F3N4OS.HI/c1-12(2)26-14-6-4-5-13(9-14)10-24-17(22-3)23-8-7-16-25-15(11-27-16)18(19,20)21;/h4-6,9,11-12H,7-8,10H2,1-3H3,(H2,22,23,24);1H. The summed E-state index contributed by atoms with van der Waals surface area (Å²) in [5.74, 6) is 1.37. The molecule has 156 valence electrons. The summed E-state index contributed by atoms with van der Waals surface area (Å²) < 4.78 is 43.3. The second kappa shape index (κ2) is 11.4. The summed E-state index contributed by atoms with van der Waals surface area (Å²) in [5.41, 5.74) is 0.194. The van der Waals surface area contributed by atoms with Crippen LogP contribution in [0.1, 0.15) is 30.1 Å². The van der Waals surface area contributed by atoms with Crippen molar-refractivity contribution >= 4 is 41.3 Å². The van der Waals surface area contributed by atoms with E-state index in [1.807, 2.05) is 38.1 Å². The molecule has 1 aromatic carbocycles. The van der Waals surface area contributed by atoms with E-state index in [1.54, 1.807) is 7.05 Å². The van der Waals surface area contributed by atoms with Crippen LogP contribution in [0.2, 0.25) is 0 Å². The molecule has 5 nitrogen and oxygen atoms in total. The van der Waals surface area contributed by atoms with Crippen LogP contribution in [-0.4, -0.2) is 30.6 Å². The first-order valence-corrected chi connectivity index (χ1v) is 9.37. The first kappa shape index (κ1) is 24.5. The van der Waals surface area contributed by atoms with Gasteiger partial charge in [-0.15, -0.1) is 35.3 Å². The Morgan fingerprint density at radius 2 is 2.04 bits per heavy atom. The van der Waals surface area contributed by atoms with Crippen molar-refractivity contribution in [2.45, 2.75) is 39.1 Å². The number of ether oxygens (including phenoxy) is 1. The Morgan fingerprint density at radius 3 is 2.64 bits per heavy atom. The molecule has 10 heteroatoms. The number of guanidine groups is 1. The van der Waals surface area contributed by atoms with Crippen molar-refractivity contribution in [3.8, 4) is 5.75 Å². The number of benzene rings is 1. The predicted molar refractivity (Wildman–Crippen MR) is 117 cm³/mol. The molecule has 0 bridgehead atoms. The summed E-state index contributed by atoms with van der Waals surface area (Å²) in [6.07, 6.45) is -3.90. The van der Waals surface area contributed by atoms with E-state index in [1.165, 1.54) is 0 Å². The molecule has 0 spiro atoms. The Bertz CT molecular complexity index is 765. The minimum absolute atomic E-state index is 0. The molecule has 0 atom stereocenters. The van der Waals surface area contributed by atoms with Gasteiger partial charge in [-0.05, 0) is 31.5 Å². The van der Waals surface area contributed by atoms with E-state index in [0.717, 1.165) is 28.0 Å². The van der Waals surface area contributed by atoms with Crippen LogP contribution in [0, 0.1) is 0 Å². The van der Waals surface area contributed by atoms with Crippen molar-refractivity contribution in [3.63, 3.8) is 0 Å². The molecule has 1 heterocycles. The number of nitrogens with zero attached hydrogens (tertiary/aromatic N) is 2. The lowest BCUT2D eigenvalue weighted by Gasteiger charge is -2.13. The zero-order valence-electron chi connectivity index (χ0n) is 15.8. The quantitative estimate of drug-likeness (QED) is 0.316. The van der Waals surface area contributed by atoms with Gasteiger partial charge in [0.25, 0.3) is 0 Å². The molecular weight excluding hydrogens is 504 g/mol. The van der Waals surface area contributed by atoms with Gasteiger partial charge in [-0.3, -0.25) is 4.99 Å². The van der Waals surface area contributed by atoms with Crippen LogP contribution >= 0.6 is 35.3 Å². The molecule has 2 rings (SSSR count). The largest absolute Gasteiger partial charge is 0.491 e. The smallest absolute Gasteiger partial charge is 0.434 e. The Balaban J connectivity index is 0.00000392. The number of halogens is 4. The topological polar surface area (TPSA) is 58.5 Å². The molecule has 0 saturated carbocycles. The van der Waals surface area contributed by atoms with E-state index in [9.17, 15) is 13.2 Å². The van der Waals surface area contributed by atoms with Crippen molar-refractivity contribution in [3.05, 3.63) is 45.9 Å². The van der Waals surface area contributed by atoms with Crippen molar-refractivity contribution in [1.29, 1.82) is 0 Å². The van der Waals surface area contributed by atoms with Crippen LogP contribution in [0.15, 0.2) is 34.6 Å². The lowest BCUT2D eigenvalue weighted by molar-refractivity contribution is -0.140. The molecule has 1 aromatic heterocycles.